The van der Waals surface area contributed by atoms with Gasteiger partial charge < -0.3 is 9.92 Å². The Labute approximate surface area is 114 Å². The van der Waals surface area contributed by atoms with E-state index < -0.39 is 21.8 Å². The highest BCUT2D eigenvalue weighted by Crippen LogP contribution is 2.22. The van der Waals surface area contributed by atoms with E-state index in [4.69, 9.17) is 9.92 Å². The van der Waals surface area contributed by atoms with Gasteiger partial charge in [-0.05, 0) is 36.4 Å². The Morgan fingerprint density at radius 1 is 1.05 bits per heavy atom. The van der Waals surface area contributed by atoms with Gasteiger partial charge in [-0.15, -0.1) is 0 Å². The third-order valence-corrected chi connectivity index (χ3v) is 3.70. The van der Waals surface area contributed by atoms with E-state index in [-0.39, 0.29) is 16.2 Å². The van der Waals surface area contributed by atoms with Crippen LogP contribution in [0.15, 0.2) is 53.4 Å². The molecule has 0 fully saturated rings. The molecule has 0 aromatic heterocycles. The van der Waals surface area contributed by atoms with Gasteiger partial charge in [0.05, 0.1) is 5.56 Å². The van der Waals surface area contributed by atoms with E-state index in [2.05, 4.69) is 0 Å². The molecule has 2 rings (SSSR count). The summed E-state index contributed by atoms with van der Waals surface area (Å²) in [5, 5.41) is 0. The predicted molar refractivity (Wildman–Crippen MR) is 69.2 cm³/mol. The minimum Gasteiger partial charge on any atom is -0.378 e. The van der Waals surface area contributed by atoms with Crippen molar-refractivity contribution in [1.82, 2.24) is 0 Å². The number of carbonyl (C=O) groups excluding carboxylic acids is 1. The molecule has 0 saturated heterocycles. The molecule has 104 valence electrons. The Morgan fingerprint density at radius 3 is 2.25 bits per heavy atom. The van der Waals surface area contributed by atoms with Gasteiger partial charge in [-0.1, -0.05) is 12.1 Å². The maximum absolute atomic E-state index is 12.8. The molecule has 20 heavy (non-hydrogen) atoms. The highest BCUT2D eigenvalue weighted by Gasteiger charge is 2.19. The maximum Gasteiger partial charge on any atom is 0.339 e. The first-order valence-corrected chi connectivity index (χ1v) is 6.90. The molecule has 0 spiro atoms. The fraction of sp³-hybridized carbons (Fsp3) is 0. The van der Waals surface area contributed by atoms with Gasteiger partial charge in [-0.2, -0.15) is 8.42 Å². The number of nitrogens with two attached hydrogens (primary N) is 1. The molecule has 0 heterocycles. The van der Waals surface area contributed by atoms with Crippen LogP contribution in [0.5, 0.6) is 5.75 Å². The van der Waals surface area contributed by atoms with Gasteiger partial charge in [0.1, 0.15) is 10.7 Å². The van der Waals surface area contributed by atoms with Crippen LogP contribution in [0.3, 0.4) is 0 Å². The Kier molecular flexibility index (Phi) is 3.71. The SMILES string of the molecule is NC(=O)c1ccccc1OS(=O)(=O)c1ccc(F)cc1. The van der Waals surface area contributed by atoms with Gasteiger partial charge in [-0.3, -0.25) is 4.79 Å². The van der Waals surface area contributed by atoms with Crippen LogP contribution in [0.4, 0.5) is 4.39 Å². The Balaban J connectivity index is 2.38. The molecule has 0 aliphatic rings. The van der Waals surface area contributed by atoms with Crippen LogP contribution in [0, 0.1) is 5.82 Å². The summed E-state index contributed by atoms with van der Waals surface area (Å²) in [4.78, 5) is 11.0. The fourth-order valence-corrected chi connectivity index (χ4v) is 2.46. The second kappa shape index (κ2) is 5.30. The summed E-state index contributed by atoms with van der Waals surface area (Å²) < 4.78 is 41.6. The predicted octanol–water partition coefficient (Wildman–Crippen LogP) is 1.69. The van der Waals surface area contributed by atoms with Crippen LogP contribution >= 0.6 is 0 Å². The van der Waals surface area contributed by atoms with Crippen LogP contribution in [0.25, 0.3) is 0 Å². The van der Waals surface area contributed by atoms with E-state index in [9.17, 15) is 17.6 Å². The van der Waals surface area contributed by atoms with E-state index in [1.54, 1.807) is 0 Å². The topological polar surface area (TPSA) is 86.5 Å². The number of para-hydroxylation sites is 1. The molecule has 0 aliphatic heterocycles. The van der Waals surface area contributed by atoms with Crippen molar-refractivity contribution in [1.29, 1.82) is 0 Å². The van der Waals surface area contributed by atoms with Crippen molar-refractivity contribution in [3.8, 4) is 5.75 Å². The summed E-state index contributed by atoms with van der Waals surface area (Å²) in [6.45, 7) is 0. The molecular weight excluding hydrogens is 285 g/mol. The molecule has 7 heteroatoms. The number of amides is 1. The van der Waals surface area contributed by atoms with Crippen molar-refractivity contribution < 1.29 is 21.8 Å². The minimum atomic E-state index is -4.16. The lowest BCUT2D eigenvalue weighted by Gasteiger charge is -2.09. The molecule has 0 atom stereocenters. The normalized spacial score (nSPS) is 11.1. The van der Waals surface area contributed by atoms with Crippen LogP contribution in [0.1, 0.15) is 10.4 Å². The van der Waals surface area contributed by atoms with Crippen LogP contribution in [-0.2, 0) is 10.1 Å². The van der Waals surface area contributed by atoms with Crippen molar-refractivity contribution in [2.75, 3.05) is 0 Å². The average Bonchev–Trinajstić information content (AvgIpc) is 2.39. The van der Waals surface area contributed by atoms with Crippen molar-refractivity contribution in [3.05, 3.63) is 59.9 Å². The third-order valence-electron chi connectivity index (χ3n) is 2.45. The molecule has 0 saturated carbocycles. The molecule has 0 unspecified atom stereocenters. The molecule has 2 aromatic carbocycles. The van der Waals surface area contributed by atoms with Crippen molar-refractivity contribution >= 4 is 16.0 Å². The van der Waals surface area contributed by atoms with Gasteiger partial charge in [0.15, 0.2) is 5.75 Å². The largest absolute Gasteiger partial charge is 0.378 e. The Bertz CT molecular complexity index is 741. The monoisotopic (exact) mass is 295 g/mol. The van der Waals surface area contributed by atoms with Gasteiger partial charge in [-0.25, -0.2) is 4.39 Å². The molecule has 0 aliphatic carbocycles. The molecular formula is C13H10FNO4S. The number of benzene rings is 2. The Morgan fingerprint density at radius 2 is 1.65 bits per heavy atom. The van der Waals surface area contributed by atoms with Gasteiger partial charge in [0.2, 0.25) is 0 Å². The average molecular weight is 295 g/mol. The first-order valence-electron chi connectivity index (χ1n) is 5.49. The number of carbonyl (C=O) groups is 1. The summed E-state index contributed by atoms with van der Waals surface area (Å²) in [7, 11) is -4.16. The molecule has 2 aromatic rings. The van der Waals surface area contributed by atoms with Crippen molar-refractivity contribution in [3.63, 3.8) is 0 Å². The van der Waals surface area contributed by atoms with Gasteiger partial charge in [0.25, 0.3) is 5.91 Å². The highest BCUT2D eigenvalue weighted by molar-refractivity contribution is 7.87. The molecule has 2 N–H and O–H groups in total. The van der Waals surface area contributed by atoms with Gasteiger partial charge >= 0.3 is 10.1 Å². The number of primary amides is 1. The van der Waals surface area contributed by atoms with Crippen molar-refractivity contribution in [2.45, 2.75) is 4.90 Å². The zero-order valence-electron chi connectivity index (χ0n) is 10.1. The van der Waals surface area contributed by atoms with Crippen LogP contribution < -0.4 is 9.92 Å². The smallest absolute Gasteiger partial charge is 0.339 e. The lowest BCUT2D eigenvalue weighted by Crippen LogP contribution is -2.16. The van der Waals surface area contributed by atoms with Gasteiger partial charge in [0, 0.05) is 0 Å². The summed E-state index contributed by atoms with van der Waals surface area (Å²) in [6.07, 6.45) is 0. The highest BCUT2D eigenvalue weighted by atomic mass is 32.2. The minimum absolute atomic E-state index is 0.0572. The number of rotatable bonds is 4. The summed E-state index contributed by atoms with van der Waals surface area (Å²) in [5.74, 6) is -1.55. The zero-order valence-corrected chi connectivity index (χ0v) is 10.9. The van der Waals surface area contributed by atoms with Crippen LogP contribution in [0.2, 0.25) is 0 Å². The standard InChI is InChI=1S/C13H10FNO4S/c14-9-5-7-10(8-6-9)20(17,18)19-12-4-2-1-3-11(12)13(15)16/h1-8H,(H2,15,16). The van der Waals surface area contributed by atoms with E-state index in [1.165, 1.54) is 24.3 Å². The van der Waals surface area contributed by atoms with E-state index >= 15 is 0 Å². The van der Waals surface area contributed by atoms with E-state index in [0.29, 0.717) is 0 Å². The number of hydrogen-bond acceptors (Lipinski definition) is 4. The molecule has 0 bridgehead atoms. The number of hydrogen-bond donors (Lipinski definition) is 1. The lowest BCUT2D eigenvalue weighted by atomic mass is 10.2. The van der Waals surface area contributed by atoms with Crippen molar-refractivity contribution in [2.24, 2.45) is 5.73 Å². The summed E-state index contributed by atoms with van der Waals surface area (Å²) in [5.41, 5.74) is 5.07. The summed E-state index contributed by atoms with van der Waals surface area (Å²) in [6, 6.07) is 9.81. The fourth-order valence-electron chi connectivity index (χ4n) is 1.51. The molecule has 5 nitrogen and oxygen atoms in total. The lowest BCUT2D eigenvalue weighted by molar-refractivity contribution is 0.0999. The van der Waals surface area contributed by atoms with E-state index in [0.717, 1.165) is 24.3 Å². The quantitative estimate of drug-likeness (QED) is 0.870. The Hall–Kier alpha value is -2.41. The third kappa shape index (κ3) is 2.94. The molecule has 0 radical (unpaired) electrons. The zero-order chi connectivity index (χ0) is 14.8. The first-order chi connectivity index (χ1) is 9.40. The van der Waals surface area contributed by atoms with E-state index in [1.807, 2.05) is 0 Å². The second-order valence-corrected chi connectivity index (χ2v) is 5.40. The maximum atomic E-state index is 12.8. The second-order valence-electron chi connectivity index (χ2n) is 3.85. The van der Waals surface area contributed by atoms with Crippen LogP contribution in [-0.4, -0.2) is 14.3 Å². The first kappa shape index (κ1) is 14.0. The number of halogens is 1. The summed E-state index contributed by atoms with van der Waals surface area (Å²) >= 11 is 0. The molecule has 1 amide bonds.